The molecule has 4 amide bonds. The number of rotatable bonds is 13. The fourth-order valence-electron chi connectivity index (χ4n) is 3.65. The summed E-state index contributed by atoms with van der Waals surface area (Å²) in [5.74, 6) is -1.79. The lowest BCUT2D eigenvalue weighted by atomic mass is 10.1. The number of benzene rings is 2. The van der Waals surface area contributed by atoms with Gasteiger partial charge in [0.05, 0.1) is 5.56 Å². The summed E-state index contributed by atoms with van der Waals surface area (Å²) in [6.45, 7) is 1.58. The molecule has 0 aliphatic carbocycles. The first-order valence-electron chi connectivity index (χ1n) is 11.9. The quantitative estimate of drug-likeness (QED) is 0.260. The molecule has 2 aromatic carbocycles. The van der Waals surface area contributed by atoms with Crippen molar-refractivity contribution in [2.45, 2.75) is 44.8 Å². The van der Waals surface area contributed by atoms with Crippen LogP contribution in [0.15, 0.2) is 60.3 Å². The third kappa shape index (κ3) is 9.72. The molecule has 2 aromatic rings. The van der Waals surface area contributed by atoms with E-state index in [4.69, 9.17) is 0 Å². The first-order valence-corrected chi connectivity index (χ1v) is 11.9. The van der Waals surface area contributed by atoms with Crippen LogP contribution >= 0.6 is 0 Å². The van der Waals surface area contributed by atoms with Crippen molar-refractivity contribution in [3.05, 3.63) is 71.4 Å². The predicted octanol–water partition coefficient (Wildman–Crippen LogP) is 3.67. The zero-order valence-electron chi connectivity index (χ0n) is 21.4. The Labute approximate surface area is 223 Å². The molecule has 208 valence electrons. The van der Waals surface area contributed by atoms with Crippen molar-refractivity contribution >= 4 is 41.8 Å². The van der Waals surface area contributed by atoms with Crippen molar-refractivity contribution < 1.29 is 37.1 Å². The number of hydrogen-bond acceptors (Lipinski definition) is 6. The molecule has 0 bridgehead atoms. The molecule has 0 aliphatic rings. The fraction of sp³-hybridized carbons (Fsp3) is 0.296. The number of nitrogens with one attached hydrogen (secondary N) is 3. The number of alkyl halides is 3. The van der Waals surface area contributed by atoms with Gasteiger partial charge in [-0.2, -0.15) is 13.2 Å². The van der Waals surface area contributed by atoms with Gasteiger partial charge in [0, 0.05) is 43.0 Å². The molecule has 39 heavy (non-hydrogen) atoms. The maximum absolute atomic E-state index is 12.9. The SMILES string of the molecule is CNC(=O)C(CCC=O)N(C=O)C(=O)/C=C(\C)Nc1cccc(CCC(=O)Nc2cccc(C(F)(F)F)c2)c1. The summed E-state index contributed by atoms with van der Waals surface area (Å²) in [6.07, 6.45) is -2.26. The highest BCUT2D eigenvalue weighted by atomic mass is 19.4. The largest absolute Gasteiger partial charge is 0.416 e. The molecule has 0 aliphatic heterocycles. The minimum absolute atomic E-state index is 0.0125. The van der Waals surface area contributed by atoms with Crippen LogP contribution in [-0.2, 0) is 36.6 Å². The average Bonchev–Trinajstić information content (AvgIpc) is 2.89. The second kappa shape index (κ2) is 14.5. The lowest BCUT2D eigenvalue weighted by Crippen LogP contribution is -2.47. The van der Waals surface area contributed by atoms with E-state index < -0.39 is 35.5 Å². The zero-order chi connectivity index (χ0) is 29.0. The van der Waals surface area contributed by atoms with E-state index in [2.05, 4.69) is 16.0 Å². The van der Waals surface area contributed by atoms with E-state index >= 15 is 0 Å². The summed E-state index contributed by atoms with van der Waals surface area (Å²) < 4.78 is 38.6. The highest BCUT2D eigenvalue weighted by Gasteiger charge is 2.30. The molecule has 0 saturated carbocycles. The smallest absolute Gasteiger partial charge is 0.359 e. The monoisotopic (exact) mass is 546 g/mol. The Hall–Kier alpha value is -4.48. The lowest BCUT2D eigenvalue weighted by Gasteiger charge is -2.24. The van der Waals surface area contributed by atoms with E-state index in [0.29, 0.717) is 29.0 Å². The van der Waals surface area contributed by atoms with Crippen LogP contribution < -0.4 is 16.0 Å². The van der Waals surface area contributed by atoms with Gasteiger partial charge >= 0.3 is 6.18 Å². The number of amides is 4. The Balaban J connectivity index is 2.01. The van der Waals surface area contributed by atoms with Crippen LogP contribution in [0.2, 0.25) is 0 Å². The molecule has 0 fully saturated rings. The molecule has 12 heteroatoms. The topological polar surface area (TPSA) is 125 Å². The van der Waals surface area contributed by atoms with Crippen LogP contribution in [0.4, 0.5) is 24.5 Å². The van der Waals surface area contributed by atoms with Gasteiger partial charge < -0.3 is 20.7 Å². The van der Waals surface area contributed by atoms with E-state index in [0.717, 1.165) is 23.8 Å². The number of carbonyl (C=O) groups excluding carboxylic acids is 5. The van der Waals surface area contributed by atoms with Crippen LogP contribution in [0.25, 0.3) is 0 Å². The van der Waals surface area contributed by atoms with Crippen LogP contribution in [0.1, 0.15) is 37.3 Å². The number of carbonyl (C=O) groups is 5. The molecule has 2 rings (SSSR count). The zero-order valence-corrected chi connectivity index (χ0v) is 21.4. The highest BCUT2D eigenvalue weighted by Crippen LogP contribution is 2.30. The van der Waals surface area contributed by atoms with Crippen LogP contribution in [0.3, 0.4) is 0 Å². The van der Waals surface area contributed by atoms with Gasteiger partial charge in [-0.15, -0.1) is 0 Å². The standard InChI is InChI=1S/C27H29F3N4O5/c1-18(14-25(38)34(17-36)23(10-5-13-35)26(39)31-2)32-21-8-3-6-19(15-21)11-12-24(37)33-22-9-4-7-20(16-22)27(28,29)30/h3-4,6-9,13-17,23,32H,5,10-12H2,1-2H3,(H,31,39)(H,33,37)/b18-14+. The summed E-state index contributed by atoms with van der Waals surface area (Å²) in [5, 5.41) is 7.83. The first-order chi connectivity index (χ1) is 18.5. The van der Waals surface area contributed by atoms with E-state index in [1.165, 1.54) is 19.2 Å². The first kappa shape index (κ1) is 30.7. The number of allylic oxidation sites excluding steroid dienone is 1. The van der Waals surface area contributed by atoms with Crippen LogP contribution in [0.5, 0.6) is 0 Å². The van der Waals surface area contributed by atoms with Gasteiger partial charge in [-0.3, -0.25) is 24.1 Å². The van der Waals surface area contributed by atoms with Crippen molar-refractivity contribution in [1.29, 1.82) is 0 Å². The lowest BCUT2D eigenvalue weighted by molar-refractivity contribution is -0.143. The summed E-state index contributed by atoms with van der Waals surface area (Å²) >= 11 is 0. The number of imide groups is 1. The number of aryl methyl sites for hydroxylation is 1. The molecule has 0 radical (unpaired) electrons. The van der Waals surface area contributed by atoms with Gasteiger partial charge in [0.25, 0.3) is 5.91 Å². The summed E-state index contributed by atoms with van der Waals surface area (Å²) in [5.41, 5.74) is 0.875. The maximum Gasteiger partial charge on any atom is 0.416 e. The van der Waals surface area contributed by atoms with Crippen molar-refractivity contribution in [3.63, 3.8) is 0 Å². The van der Waals surface area contributed by atoms with E-state index in [1.807, 2.05) is 0 Å². The highest BCUT2D eigenvalue weighted by molar-refractivity contribution is 6.00. The molecule has 9 nitrogen and oxygen atoms in total. The van der Waals surface area contributed by atoms with Gasteiger partial charge in [-0.25, -0.2) is 0 Å². The maximum atomic E-state index is 12.9. The predicted molar refractivity (Wildman–Crippen MR) is 138 cm³/mol. The Morgan fingerprint density at radius 2 is 1.67 bits per heavy atom. The second-order valence-corrected chi connectivity index (χ2v) is 8.50. The average molecular weight is 547 g/mol. The van der Waals surface area contributed by atoms with Gasteiger partial charge in [0.2, 0.25) is 18.2 Å². The molecular formula is C27H29F3N4O5. The van der Waals surface area contributed by atoms with Crippen LogP contribution in [-0.4, -0.2) is 48.4 Å². The Morgan fingerprint density at radius 3 is 2.28 bits per heavy atom. The molecule has 0 aromatic heterocycles. The second-order valence-electron chi connectivity index (χ2n) is 8.50. The Morgan fingerprint density at radius 1 is 1.00 bits per heavy atom. The summed E-state index contributed by atoms with van der Waals surface area (Å²) in [4.78, 5) is 60.1. The molecule has 1 unspecified atom stereocenters. The number of anilines is 2. The van der Waals surface area contributed by atoms with Crippen LogP contribution in [0, 0.1) is 0 Å². The van der Waals surface area contributed by atoms with Crippen molar-refractivity contribution in [1.82, 2.24) is 10.2 Å². The number of likely N-dealkylation sites (N-methyl/N-ethyl adjacent to an activating group) is 1. The molecule has 1 atom stereocenters. The number of aldehydes is 1. The fourth-order valence-corrected chi connectivity index (χ4v) is 3.65. The summed E-state index contributed by atoms with van der Waals surface area (Å²) in [7, 11) is 1.36. The minimum Gasteiger partial charge on any atom is -0.359 e. The molecular weight excluding hydrogens is 517 g/mol. The van der Waals surface area contributed by atoms with Crippen molar-refractivity contribution in [2.24, 2.45) is 0 Å². The Kier molecular flexibility index (Phi) is 11.4. The van der Waals surface area contributed by atoms with E-state index in [1.54, 1.807) is 31.2 Å². The van der Waals surface area contributed by atoms with Crippen molar-refractivity contribution in [3.8, 4) is 0 Å². The van der Waals surface area contributed by atoms with Gasteiger partial charge in [-0.05, 0) is 55.7 Å². The third-order valence-corrected chi connectivity index (χ3v) is 5.53. The third-order valence-electron chi connectivity index (χ3n) is 5.53. The normalized spacial score (nSPS) is 12.2. The molecule has 3 N–H and O–H groups in total. The number of halogens is 3. The van der Waals surface area contributed by atoms with E-state index in [-0.39, 0.29) is 31.4 Å². The molecule has 0 spiro atoms. The molecule has 0 saturated heterocycles. The number of nitrogens with zero attached hydrogens (tertiary/aromatic N) is 1. The summed E-state index contributed by atoms with van der Waals surface area (Å²) in [6, 6.07) is 10.2. The number of hydrogen-bond donors (Lipinski definition) is 3. The Bertz CT molecular complexity index is 1230. The van der Waals surface area contributed by atoms with Gasteiger partial charge in [0.15, 0.2) is 0 Å². The van der Waals surface area contributed by atoms with Gasteiger partial charge in [-0.1, -0.05) is 18.2 Å². The minimum atomic E-state index is -4.51. The van der Waals surface area contributed by atoms with Gasteiger partial charge in [0.1, 0.15) is 12.3 Å². The van der Waals surface area contributed by atoms with E-state index in [9.17, 15) is 37.1 Å². The van der Waals surface area contributed by atoms with Crippen molar-refractivity contribution in [2.75, 3.05) is 17.7 Å². The molecule has 0 heterocycles.